The standard InChI is InChI=1S/C23H21ClN2O2S/c1-14-19(12-25)22(21(15(2)26-14)23(27)28-3)18-9-4-5-10-20(18)29-13-16-7-6-8-17(24)11-16/h4-11,19,22H,13H2,1-3H3. The molecule has 4 nitrogen and oxygen atoms in total. The van der Waals surface area contributed by atoms with Crippen LogP contribution in [0.2, 0.25) is 5.02 Å². The summed E-state index contributed by atoms with van der Waals surface area (Å²) < 4.78 is 5.03. The SMILES string of the molecule is COC(=O)C1=C(C)N=C(C)C(C#N)C1c1ccccc1SCc1cccc(Cl)c1. The lowest BCUT2D eigenvalue weighted by Crippen LogP contribution is -2.29. The summed E-state index contributed by atoms with van der Waals surface area (Å²) in [4.78, 5) is 18.0. The van der Waals surface area contributed by atoms with E-state index >= 15 is 0 Å². The summed E-state index contributed by atoms with van der Waals surface area (Å²) in [6.07, 6.45) is 0. The highest BCUT2D eigenvalue weighted by molar-refractivity contribution is 7.98. The van der Waals surface area contributed by atoms with Gasteiger partial charge in [-0.1, -0.05) is 41.9 Å². The Hall–Kier alpha value is -2.55. The number of carbonyl (C=O) groups excluding carboxylic acids is 1. The first kappa shape index (κ1) is 21.2. The van der Waals surface area contributed by atoms with Crippen molar-refractivity contribution in [2.24, 2.45) is 10.9 Å². The van der Waals surface area contributed by atoms with Crippen LogP contribution in [0.1, 0.15) is 30.9 Å². The molecule has 0 saturated heterocycles. The number of esters is 1. The van der Waals surface area contributed by atoms with E-state index in [-0.39, 0.29) is 0 Å². The Labute approximate surface area is 180 Å². The lowest BCUT2D eigenvalue weighted by molar-refractivity contribution is -0.136. The molecule has 0 N–H and O–H groups in total. The van der Waals surface area contributed by atoms with Crippen LogP contribution in [-0.2, 0) is 15.3 Å². The maximum atomic E-state index is 12.6. The largest absolute Gasteiger partial charge is 0.466 e. The van der Waals surface area contributed by atoms with Crippen molar-refractivity contribution in [3.8, 4) is 6.07 Å². The van der Waals surface area contributed by atoms with E-state index < -0.39 is 17.8 Å². The smallest absolute Gasteiger partial charge is 0.336 e. The maximum Gasteiger partial charge on any atom is 0.336 e. The second-order valence-electron chi connectivity index (χ2n) is 6.78. The normalized spacial score (nSPS) is 18.8. The van der Waals surface area contributed by atoms with E-state index in [0.29, 0.717) is 22.0 Å². The van der Waals surface area contributed by atoms with Crippen LogP contribution >= 0.6 is 23.4 Å². The Morgan fingerprint density at radius 2 is 2.00 bits per heavy atom. The first-order chi connectivity index (χ1) is 14.0. The third-order valence-corrected chi connectivity index (χ3v) is 6.31. The molecule has 0 aromatic heterocycles. The summed E-state index contributed by atoms with van der Waals surface area (Å²) in [6.45, 7) is 3.62. The minimum atomic E-state index is -0.527. The second-order valence-corrected chi connectivity index (χ2v) is 8.24. The van der Waals surface area contributed by atoms with E-state index in [0.717, 1.165) is 21.8 Å². The molecule has 0 saturated carbocycles. The average molecular weight is 425 g/mol. The summed E-state index contributed by atoms with van der Waals surface area (Å²) in [5, 5.41) is 10.6. The van der Waals surface area contributed by atoms with Gasteiger partial charge in [-0.05, 0) is 43.2 Å². The molecule has 2 aromatic carbocycles. The zero-order chi connectivity index (χ0) is 21.0. The third-order valence-electron chi connectivity index (χ3n) is 4.91. The van der Waals surface area contributed by atoms with E-state index in [4.69, 9.17) is 16.3 Å². The minimum Gasteiger partial charge on any atom is -0.466 e. The molecule has 6 heteroatoms. The Morgan fingerprint density at radius 1 is 1.24 bits per heavy atom. The molecule has 29 heavy (non-hydrogen) atoms. The highest BCUT2D eigenvalue weighted by atomic mass is 35.5. The number of ether oxygens (including phenoxy) is 1. The van der Waals surface area contributed by atoms with Crippen molar-refractivity contribution in [3.05, 3.63) is 76.0 Å². The molecule has 1 aliphatic heterocycles. The summed E-state index contributed by atoms with van der Waals surface area (Å²) in [5.41, 5.74) is 3.79. The first-order valence-electron chi connectivity index (χ1n) is 9.16. The molecule has 0 bridgehead atoms. The van der Waals surface area contributed by atoms with Crippen LogP contribution in [-0.4, -0.2) is 18.8 Å². The van der Waals surface area contributed by atoms with E-state index in [1.807, 2.05) is 55.5 Å². The zero-order valence-corrected chi connectivity index (χ0v) is 18.1. The van der Waals surface area contributed by atoms with E-state index in [1.165, 1.54) is 7.11 Å². The Balaban J connectivity index is 2.03. The highest BCUT2D eigenvalue weighted by Crippen LogP contribution is 2.43. The maximum absolute atomic E-state index is 12.6. The summed E-state index contributed by atoms with van der Waals surface area (Å²) in [5.74, 6) is -0.669. The number of methoxy groups -OCH3 is 1. The summed E-state index contributed by atoms with van der Waals surface area (Å²) in [6, 6.07) is 18.0. The number of rotatable bonds is 5. The van der Waals surface area contributed by atoms with Gasteiger partial charge >= 0.3 is 5.97 Å². The molecule has 0 aliphatic carbocycles. The number of hydrogen-bond acceptors (Lipinski definition) is 5. The number of benzene rings is 2. The number of nitriles is 1. The van der Waals surface area contributed by atoms with Crippen molar-refractivity contribution >= 4 is 35.0 Å². The predicted molar refractivity (Wildman–Crippen MR) is 117 cm³/mol. The third kappa shape index (κ3) is 4.55. The lowest BCUT2D eigenvalue weighted by atomic mass is 9.76. The number of aliphatic imine (C=N–C) groups is 1. The molecule has 2 aromatic rings. The van der Waals surface area contributed by atoms with Crippen molar-refractivity contribution in [3.63, 3.8) is 0 Å². The Morgan fingerprint density at radius 3 is 2.69 bits per heavy atom. The van der Waals surface area contributed by atoms with Gasteiger partial charge in [-0.3, -0.25) is 4.99 Å². The molecule has 148 valence electrons. The average Bonchev–Trinajstić information content (AvgIpc) is 2.71. The van der Waals surface area contributed by atoms with Crippen molar-refractivity contribution in [2.45, 2.75) is 30.4 Å². The number of carbonyl (C=O) groups is 1. The lowest BCUT2D eigenvalue weighted by Gasteiger charge is -2.30. The minimum absolute atomic E-state index is 0.423. The van der Waals surface area contributed by atoms with Crippen LogP contribution in [0.4, 0.5) is 0 Å². The van der Waals surface area contributed by atoms with Crippen molar-refractivity contribution in [2.75, 3.05) is 7.11 Å². The van der Waals surface area contributed by atoms with Gasteiger partial charge in [0.2, 0.25) is 0 Å². The van der Waals surface area contributed by atoms with Crippen molar-refractivity contribution < 1.29 is 9.53 Å². The molecule has 0 amide bonds. The fourth-order valence-corrected chi connectivity index (χ4v) is 4.82. The predicted octanol–water partition coefficient (Wildman–Crippen LogP) is 5.78. The van der Waals surface area contributed by atoms with Gasteiger partial charge in [-0.25, -0.2) is 4.79 Å². The van der Waals surface area contributed by atoms with Gasteiger partial charge in [-0.15, -0.1) is 11.8 Å². The fourth-order valence-electron chi connectivity index (χ4n) is 3.57. The molecule has 3 rings (SSSR count). The van der Waals surface area contributed by atoms with Crippen LogP contribution in [0.15, 0.2) is 69.7 Å². The first-order valence-corrected chi connectivity index (χ1v) is 10.5. The molecule has 1 aliphatic rings. The quantitative estimate of drug-likeness (QED) is 0.451. The van der Waals surface area contributed by atoms with Crippen molar-refractivity contribution in [1.29, 1.82) is 5.26 Å². The van der Waals surface area contributed by atoms with Gasteiger partial charge in [0.1, 0.15) is 0 Å². The monoisotopic (exact) mass is 424 g/mol. The van der Waals surface area contributed by atoms with Gasteiger partial charge < -0.3 is 4.74 Å². The van der Waals surface area contributed by atoms with Crippen molar-refractivity contribution in [1.82, 2.24) is 0 Å². The van der Waals surface area contributed by atoms with Crippen LogP contribution in [0, 0.1) is 17.2 Å². The Kier molecular flexibility index (Phi) is 6.79. The number of thioether (sulfide) groups is 1. The van der Waals surface area contributed by atoms with Gasteiger partial charge in [-0.2, -0.15) is 5.26 Å². The van der Waals surface area contributed by atoms with Gasteiger partial charge in [0, 0.05) is 33.0 Å². The molecule has 1 heterocycles. The topological polar surface area (TPSA) is 62.4 Å². The second kappa shape index (κ2) is 9.30. The summed E-state index contributed by atoms with van der Waals surface area (Å²) >= 11 is 7.76. The molecule has 2 unspecified atom stereocenters. The molecular formula is C23H21ClN2O2S. The highest BCUT2D eigenvalue weighted by Gasteiger charge is 2.38. The Bertz CT molecular complexity index is 1040. The van der Waals surface area contributed by atoms with E-state index in [9.17, 15) is 10.1 Å². The number of halogens is 1. The van der Waals surface area contributed by atoms with Gasteiger partial charge in [0.15, 0.2) is 0 Å². The molecular weight excluding hydrogens is 404 g/mol. The molecule has 0 fully saturated rings. The van der Waals surface area contributed by atoms with Crippen LogP contribution in [0.25, 0.3) is 0 Å². The van der Waals surface area contributed by atoms with Gasteiger partial charge in [0.25, 0.3) is 0 Å². The number of allylic oxidation sites excluding steroid dienone is 1. The van der Waals surface area contributed by atoms with E-state index in [1.54, 1.807) is 18.7 Å². The summed E-state index contributed by atoms with van der Waals surface area (Å²) in [7, 11) is 1.35. The molecule has 2 atom stereocenters. The number of nitrogens with zero attached hydrogens (tertiary/aromatic N) is 2. The number of hydrogen-bond donors (Lipinski definition) is 0. The van der Waals surface area contributed by atoms with Crippen LogP contribution in [0.5, 0.6) is 0 Å². The van der Waals surface area contributed by atoms with E-state index in [2.05, 4.69) is 11.1 Å². The zero-order valence-electron chi connectivity index (χ0n) is 16.5. The molecule has 0 radical (unpaired) electrons. The molecule has 0 spiro atoms. The fraction of sp³-hybridized carbons (Fsp3) is 0.261. The van der Waals surface area contributed by atoms with Crippen LogP contribution < -0.4 is 0 Å². The van der Waals surface area contributed by atoms with Crippen LogP contribution in [0.3, 0.4) is 0 Å². The van der Waals surface area contributed by atoms with Gasteiger partial charge in [0.05, 0.1) is 24.7 Å².